The van der Waals surface area contributed by atoms with E-state index in [2.05, 4.69) is 34.5 Å². The van der Waals surface area contributed by atoms with E-state index in [9.17, 15) is 4.79 Å². The molecule has 2 rings (SSSR count). The van der Waals surface area contributed by atoms with Crippen molar-refractivity contribution in [3.05, 3.63) is 29.8 Å². The van der Waals surface area contributed by atoms with Crippen LogP contribution in [0.3, 0.4) is 0 Å². The quantitative estimate of drug-likeness (QED) is 0.865. The van der Waals surface area contributed by atoms with Gasteiger partial charge in [-0.15, -0.1) is 0 Å². The summed E-state index contributed by atoms with van der Waals surface area (Å²) in [5.74, 6) is -0.131. The number of carbonyl (C=O) groups excluding carboxylic acids is 1. The summed E-state index contributed by atoms with van der Waals surface area (Å²) in [6.45, 7) is 9.88. The van der Waals surface area contributed by atoms with Crippen molar-refractivity contribution in [1.82, 2.24) is 5.32 Å². The van der Waals surface area contributed by atoms with Crippen molar-refractivity contribution in [2.75, 3.05) is 31.1 Å². The fourth-order valence-corrected chi connectivity index (χ4v) is 2.44. The Bertz CT molecular complexity index is 457. The molecule has 0 saturated carbocycles. The lowest BCUT2D eigenvalue weighted by Gasteiger charge is -2.29. The highest BCUT2D eigenvalue weighted by Crippen LogP contribution is 2.17. The summed E-state index contributed by atoms with van der Waals surface area (Å²) in [6.07, 6.45) is 1.17. The number of anilines is 1. The van der Waals surface area contributed by atoms with Crippen molar-refractivity contribution < 1.29 is 9.53 Å². The smallest absolute Gasteiger partial charge is 0.306 e. The lowest BCUT2D eigenvalue weighted by Crippen LogP contribution is -2.43. The molecule has 1 heterocycles. The third kappa shape index (κ3) is 5.38. The largest absolute Gasteiger partial charge is 0.460 e. The molecule has 0 aliphatic carbocycles. The first-order valence-corrected chi connectivity index (χ1v) is 7.70. The Labute approximate surface area is 127 Å². The molecule has 1 aromatic rings. The average molecular weight is 290 g/mol. The van der Waals surface area contributed by atoms with E-state index in [-0.39, 0.29) is 5.97 Å². The van der Waals surface area contributed by atoms with Gasteiger partial charge in [-0.3, -0.25) is 4.79 Å². The number of esters is 1. The second-order valence-corrected chi connectivity index (χ2v) is 6.49. The van der Waals surface area contributed by atoms with Gasteiger partial charge in [0.25, 0.3) is 0 Å². The van der Waals surface area contributed by atoms with Gasteiger partial charge in [0.15, 0.2) is 0 Å². The van der Waals surface area contributed by atoms with Crippen molar-refractivity contribution in [1.29, 1.82) is 0 Å². The Morgan fingerprint density at radius 1 is 1.19 bits per heavy atom. The van der Waals surface area contributed by atoms with Crippen LogP contribution in [0.4, 0.5) is 5.69 Å². The van der Waals surface area contributed by atoms with Crippen molar-refractivity contribution in [3.8, 4) is 0 Å². The summed E-state index contributed by atoms with van der Waals surface area (Å²) in [7, 11) is 0. The fourth-order valence-electron chi connectivity index (χ4n) is 2.44. The molecule has 21 heavy (non-hydrogen) atoms. The number of rotatable bonds is 4. The predicted molar refractivity (Wildman–Crippen MR) is 85.7 cm³/mol. The average Bonchev–Trinajstić information content (AvgIpc) is 2.45. The van der Waals surface area contributed by atoms with Crippen molar-refractivity contribution in [2.45, 2.75) is 39.2 Å². The zero-order chi connectivity index (χ0) is 15.3. The van der Waals surface area contributed by atoms with Crippen molar-refractivity contribution in [2.24, 2.45) is 0 Å². The summed E-state index contributed by atoms with van der Waals surface area (Å²) in [5, 5.41) is 3.35. The van der Waals surface area contributed by atoms with Crippen LogP contribution in [0.15, 0.2) is 24.3 Å². The number of ether oxygens (including phenoxy) is 1. The van der Waals surface area contributed by atoms with Gasteiger partial charge in [-0.25, -0.2) is 0 Å². The minimum atomic E-state index is -0.400. The van der Waals surface area contributed by atoms with Crippen LogP contribution in [0.1, 0.15) is 32.8 Å². The molecule has 116 valence electrons. The highest BCUT2D eigenvalue weighted by Gasteiger charge is 2.16. The van der Waals surface area contributed by atoms with Gasteiger partial charge in [-0.1, -0.05) is 12.1 Å². The molecule has 1 fully saturated rings. The van der Waals surface area contributed by atoms with Gasteiger partial charge in [-0.2, -0.15) is 0 Å². The van der Waals surface area contributed by atoms with E-state index in [4.69, 9.17) is 4.74 Å². The molecular weight excluding hydrogens is 264 g/mol. The molecular formula is C17H26N2O2. The SMILES string of the molecule is CC(C)(C)OC(=O)CCc1ccc(N2CCNCC2)cc1. The molecule has 0 atom stereocenters. The zero-order valence-electron chi connectivity index (χ0n) is 13.3. The number of carbonyl (C=O) groups is 1. The van der Waals surface area contributed by atoms with Crippen LogP contribution in [-0.2, 0) is 16.0 Å². The number of hydrogen-bond donors (Lipinski definition) is 1. The van der Waals surface area contributed by atoms with Gasteiger partial charge in [0, 0.05) is 38.3 Å². The Morgan fingerprint density at radius 2 is 1.81 bits per heavy atom. The van der Waals surface area contributed by atoms with Crippen LogP contribution in [0.5, 0.6) is 0 Å². The van der Waals surface area contributed by atoms with E-state index in [1.807, 2.05) is 20.8 Å². The number of aryl methyl sites for hydroxylation is 1. The minimum Gasteiger partial charge on any atom is -0.460 e. The number of nitrogens with one attached hydrogen (secondary N) is 1. The maximum absolute atomic E-state index is 11.7. The summed E-state index contributed by atoms with van der Waals surface area (Å²) >= 11 is 0. The first kappa shape index (κ1) is 15.8. The molecule has 4 nitrogen and oxygen atoms in total. The normalized spacial score (nSPS) is 15.9. The van der Waals surface area contributed by atoms with E-state index in [1.54, 1.807) is 0 Å². The molecule has 1 saturated heterocycles. The second-order valence-electron chi connectivity index (χ2n) is 6.49. The second kappa shape index (κ2) is 6.94. The van der Waals surface area contributed by atoms with E-state index < -0.39 is 5.60 Å². The number of hydrogen-bond acceptors (Lipinski definition) is 4. The third-order valence-electron chi connectivity index (χ3n) is 3.46. The standard InChI is InChI=1S/C17H26N2O2/c1-17(2,3)21-16(20)9-6-14-4-7-15(8-5-14)19-12-10-18-11-13-19/h4-5,7-8,18H,6,9-13H2,1-3H3. The Kier molecular flexibility index (Phi) is 5.23. The van der Waals surface area contributed by atoms with Gasteiger partial charge in [-0.05, 0) is 44.9 Å². The van der Waals surface area contributed by atoms with Gasteiger partial charge >= 0.3 is 5.97 Å². The van der Waals surface area contributed by atoms with Crippen molar-refractivity contribution in [3.63, 3.8) is 0 Å². The monoisotopic (exact) mass is 290 g/mol. The van der Waals surface area contributed by atoms with Gasteiger partial charge in [0.2, 0.25) is 0 Å². The highest BCUT2D eigenvalue weighted by molar-refractivity contribution is 5.70. The molecule has 1 aliphatic heterocycles. The molecule has 0 unspecified atom stereocenters. The molecule has 1 aliphatic rings. The first-order chi connectivity index (χ1) is 9.94. The molecule has 4 heteroatoms. The fraction of sp³-hybridized carbons (Fsp3) is 0.588. The lowest BCUT2D eigenvalue weighted by molar-refractivity contribution is -0.154. The van der Waals surface area contributed by atoms with Crippen LogP contribution in [0.25, 0.3) is 0 Å². The first-order valence-electron chi connectivity index (χ1n) is 7.70. The molecule has 1 aromatic carbocycles. The van der Waals surface area contributed by atoms with Crippen LogP contribution in [0.2, 0.25) is 0 Å². The summed E-state index contributed by atoms with van der Waals surface area (Å²) in [4.78, 5) is 14.1. The van der Waals surface area contributed by atoms with Crippen molar-refractivity contribution >= 4 is 11.7 Å². The summed E-state index contributed by atoms with van der Waals surface area (Å²) in [6, 6.07) is 8.52. The molecule has 0 amide bonds. The van der Waals surface area contributed by atoms with Crippen LogP contribution in [-0.4, -0.2) is 37.7 Å². The van der Waals surface area contributed by atoms with Gasteiger partial charge < -0.3 is 15.0 Å². The maximum atomic E-state index is 11.7. The molecule has 0 bridgehead atoms. The van der Waals surface area contributed by atoms with E-state index in [0.717, 1.165) is 32.6 Å². The van der Waals surface area contributed by atoms with E-state index in [1.165, 1.54) is 11.3 Å². The van der Waals surface area contributed by atoms with E-state index in [0.29, 0.717) is 6.42 Å². The zero-order valence-corrected chi connectivity index (χ0v) is 13.3. The Morgan fingerprint density at radius 3 is 2.38 bits per heavy atom. The van der Waals surface area contributed by atoms with Gasteiger partial charge in [0.05, 0.1) is 0 Å². The predicted octanol–water partition coefficient (Wildman–Crippen LogP) is 2.37. The van der Waals surface area contributed by atoms with Crippen LogP contribution in [0, 0.1) is 0 Å². The van der Waals surface area contributed by atoms with E-state index >= 15 is 0 Å². The number of benzene rings is 1. The summed E-state index contributed by atoms with van der Waals surface area (Å²) < 4.78 is 5.32. The Hall–Kier alpha value is -1.55. The molecule has 1 N–H and O–H groups in total. The number of piperazine rings is 1. The number of nitrogens with zero attached hydrogens (tertiary/aromatic N) is 1. The maximum Gasteiger partial charge on any atom is 0.306 e. The highest BCUT2D eigenvalue weighted by atomic mass is 16.6. The molecule has 0 aromatic heterocycles. The minimum absolute atomic E-state index is 0.131. The van der Waals surface area contributed by atoms with Crippen LogP contribution < -0.4 is 10.2 Å². The topological polar surface area (TPSA) is 41.6 Å². The summed E-state index contributed by atoms with van der Waals surface area (Å²) in [5.41, 5.74) is 2.04. The lowest BCUT2D eigenvalue weighted by atomic mass is 10.1. The van der Waals surface area contributed by atoms with Gasteiger partial charge in [0.1, 0.15) is 5.60 Å². The molecule has 0 spiro atoms. The van der Waals surface area contributed by atoms with Crippen LogP contribution >= 0.6 is 0 Å². The molecule has 0 radical (unpaired) electrons. The Balaban J connectivity index is 1.83. The third-order valence-corrected chi connectivity index (χ3v) is 3.46.